The van der Waals surface area contributed by atoms with Gasteiger partial charge in [-0.25, -0.2) is 24.1 Å². The van der Waals surface area contributed by atoms with Crippen LogP contribution in [0.15, 0.2) is 48.8 Å². The monoisotopic (exact) mass is 602 g/mol. The van der Waals surface area contributed by atoms with Gasteiger partial charge < -0.3 is 9.47 Å². The van der Waals surface area contributed by atoms with Crippen molar-refractivity contribution in [2.45, 2.75) is 46.1 Å². The van der Waals surface area contributed by atoms with Crippen LogP contribution in [0.1, 0.15) is 49.2 Å². The lowest BCUT2D eigenvalue weighted by atomic mass is 9.95. The van der Waals surface area contributed by atoms with Crippen molar-refractivity contribution in [2.75, 3.05) is 23.0 Å². The Morgan fingerprint density at radius 3 is 2.60 bits per heavy atom. The van der Waals surface area contributed by atoms with Crippen molar-refractivity contribution in [2.24, 2.45) is 0 Å². The molecule has 3 amide bonds. The number of nitrogens with zero attached hydrogens (tertiary/aromatic N) is 4. The summed E-state index contributed by atoms with van der Waals surface area (Å²) < 4.78 is 27.3. The molecule has 11 heteroatoms. The van der Waals surface area contributed by atoms with E-state index in [1.54, 1.807) is 57.2 Å². The standard InChI is InChI=1S/C32H28ClFN4O5/c1-5-19-23(16-36-29-28(19)37(10-11-42-29)31(41)43-32(2,3)4)21-12-18-13-24(35-15-22(18)26(33)27(21)34)38-25(39)14-17-8-6-7-9-20(17)30(38)40/h6-9,12-13,15-16H,5,10-11,14H2,1-4H3. The largest absolute Gasteiger partial charge is 0.474 e. The van der Waals surface area contributed by atoms with Crippen LogP contribution in [0.5, 0.6) is 5.88 Å². The highest BCUT2D eigenvalue weighted by molar-refractivity contribution is 6.36. The van der Waals surface area contributed by atoms with Crippen LogP contribution in [0.4, 0.5) is 20.7 Å². The smallest absolute Gasteiger partial charge is 0.415 e. The van der Waals surface area contributed by atoms with E-state index in [0.29, 0.717) is 45.1 Å². The Morgan fingerprint density at radius 2 is 1.86 bits per heavy atom. The van der Waals surface area contributed by atoms with E-state index in [9.17, 15) is 14.4 Å². The molecule has 0 saturated heterocycles. The molecule has 0 aliphatic carbocycles. The molecular formula is C32H28ClFN4O5. The number of pyridine rings is 2. The zero-order valence-electron chi connectivity index (χ0n) is 24.0. The van der Waals surface area contributed by atoms with Gasteiger partial charge in [0.1, 0.15) is 29.5 Å². The molecular weight excluding hydrogens is 575 g/mol. The molecule has 43 heavy (non-hydrogen) atoms. The number of hydrogen-bond acceptors (Lipinski definition) is 7. The molecule has 0 unspecified atom stereocenters. The average Bonchev–Trinajstić information content (AvgIpc) is 2.97. The summed E-state index contributed by atoms with van der Waals surface area (Å²) in [5, 5.41) is 0.603. The molecule has 0 N–H and O–H groups in total. The minimum atomic E-state index is -0.726. The molecule has 2 aromatic heterocycles. The van der Waals surface area contributed by atoms with Gasteiger partial charge in [-0.15, -0.1) is 0 Å². The van der Waals surface area contributed by atoms with E-state index >= 15 is 4.39 Å². The molecule has 4 heterocycles. The molecule has 220 valence electrons. The predicted octanol–water partition coefficient (Wildman–Crippen LogP) is 6.52. The van der Waals surface area contributed by atoms with Crippen molar-refractivity contribution in [3.63, 3.8) is 0 Å². The topological polar surface area (TPSA) is 102 Å². The number of imide groups is 1. The first kappa shape index (κ1) is 28.5. The first-order valence-electron chi connectivity index (χ1n) is 13.9. The number of anilines is 2. The van der Waals surface area contributed by atoms with E-state index in [1.807, 2.05) is 6.92 Å². The highest BCUT2D eigenvalue weighted by Crippen LogP contribution is 2.43. The summed E-state index contributed by atoms with van der Waals surface area (Å²) in [6.45, 7) is 7.68. The van der Waals surface area contributed by atoms with Crippen molar-refractivity contribution < 1.29 is 28.2 Å². The second kappa shape index (κ2) is 10.6. The molecule has 9 nitrogen and oxygen atoms in total. The molecule has 6 rings (SSSR count). The van der Waals surface area contributed by atoms with E-state index in [1.165, 1.54) is 17.3 Å². The van der Waals surface area contributed by atoms with Gasteiger partial charge in [-0.3, -0.25) is 14.5 Å². The Hall–Kier alpha value is -4.57. The molecule has 0 atom stereocenters. The average molecular weight is 603 g/mol. The van der Waals surface area contributed by atoms with Crippen molar-refractivity contribution in [1.82, 2.24) is 9.97 Å². The molecule has 0 saturated carbocycles. The van der Waals surface area contributed by atoms with Crippen LogP contribution in [0.2, 0.25) is 5.02 Å². The fourth-order valence-corrected chi connectivity index (χ4v) is 5.72. The van der Waals surface area contributed by atoms with Crippen LogP contribution in [0, 0.1) is 5.82 Å². The van der Waals surface area contributed by atoms with Gasteiger partial charge in [-0.2, -0.15) is 0 Å². The number of hydrogen-bond donors (Lipinski definition) is 0. The first-order valence-corrected chi connectivity index (χ1v) is 14.2. The Morgan fingerprint density at radius 1 is 1.09 bits per heavy atom. The lowest BCUT2D eigenvalue weighted by Crippen LogP contribution is -2.42. The van der Waals surface area contributed by atoms with Gasteiger partial charge in [0, 0.05) is 34.5 Å². The number of amides is 3. The molecule has 0 bridgehead atoms. The minimum absolute atomic E-state index is 0.0495. The van der Waals surface area contributed by atoms with E-state index in [0.717, 1.165) is 4.90 Å². The zero-order valence-corrected chi connectivity index (χ0v) is 24.8. The third-order valence-corrected chi connectivity index (χ3v) is 7.73. The summed E-state index contributed by atoms with van der Waals surface area (Å²) in [7, 11) is 0. The number of aromatic nitrogens is 2. The van der Waals surface area contributed by atoms with Gasteiger partial charge in [-0.05, 0) is 61.9 Å². The summed E-state index contributed by atoms with van der Waals surface area (Å²) >= 11 is 6.54. The fraction of sp³-hybridized carbons (Fsp3) is 0.281. The van der Waals surface area contributed by atoms with Gasteiger partial charge in [0.05, 0.1) is 18.0 Å². The molecule has 2 aliphatic heterocycles. The van der Waals surface area contributed by atoms with Crippen LogP contribution in [0.3, 0.4) is 0 Å². The SMILES string of the molecule is CCc1c(-c2cc3cc(N4C(=O)Cc5ccccc5C4=O)ncc3c(Cl)c2F)cnc2c1N(C(=O)OC(C)(C)C)CCO2. The zero-order chi connectivity index (χ0) is 30.6. The lowest BCUT2D eigenvalue weighted by Gasteiger charge is -2.33. The van der Waals surface area contributed by atoms with E-state index < -0.39 is 29.3 Å². The van der Waals surface area contributed by atoms with Gasteiger partial charge >= 0.3 is 6.09 Å². The van der Waals surface area contributed by atoms with Crippen LogP contribution < -0.4 is 14.5 Å². The Labute approximate surface area is 252 Å². The van der Waals surface area contributed by atoms with E-state index in [4.69, 9.17) is 21.1 Å². The summed E-state index contributed by atoms with van der Waals surface area (Å²) in [6, 6.07) is 10.1. The van der Waals surface area contributed by atoms with Crippen molar-refractivity contribution in [1.29, 1.82) is 0 Å². The Balaban J connectivity index is 1.48. The van der Waals surface area contributed by atoms with E-state index in [2.05, 4.69) is 9.97 Å². The summed E-state index contributed by atoms with van der Waals surface area (Å²) in [5.74, 6) is -1.24. The molecule has 2 aromatic carbocycles. The fourth-order valence-electron chi connectivity index (χ4n) is 5.46. The number of carbonyl (C=O) groups is 3. The Kier molecular flexibility index (Phi) is 7.04. The maximum Gasteiger partial charge on any atom is 0.415 e. The summed E-state index contributed by atoms with van der Waals surface area (Å²) in [5.41, 5.74) is 1.93. The maximum atomic E-state index is 15.9. The lowest BCUT2D eigenvalue weighted by molar-refractivity contribution is -0.117. The molecule has 4 aromatic rings. The highest BCUT2D eigenvalue weighted by atomic mass is 35.5. The van der Waals surface area contributed by atoms with Crippen molar-refractivity contribution >= 4 is 51.8 Å². The van der Waals surface area contributed by atoms with Gasteiger partial charge in [0.25, 0.3) is 5.91 Å². The third-order valence-electron chi connectivity index (χ3n) is 7.36. The number of fused-ring (bicyclic) bond motifs is 3. The van der Waals surface area contributed by atoms with Gasteiger partial charge in [0.2, 0.25) is 11.8 Å². The predicted molar refractivity (Wildman–Crippen MR) is 160 cm³/mol. The van der Waals surface area contributed by atoms with Crippen LogP contribution in [0.25, 0.3) is 21.9 Å². The number of ether oxygens (including phenoxy) is 2. The molecule has 2 aliphatic rings. The van der Waals surface area contributed by atoms with Gasteiger partial charge in [-0.1, -0.05) is 36.7 Å². The third kappa shape index (κ3) is 4.95. The highest BCUT2D eigenvalue weighted by Gasteiger charge is 2.34. The maximum absolute atomic E-state index is 15.9. The van der Waals surface area contributed by atoms with Crippen LogP contribution in [-0.4, -0.2) is 46.6 Å². The van der Waals surface area contributed by atoms with E-state index in [-0.39, 0.29) is 41.9 Å². The second-order valence-corrected chi connectivity index (χ2v) is 11.7. The number of carbonyl (C=O) groups excluding carboxylic acids is 3. The normalized spacial score (nSPS) is 14.8. The first-order chi connectivity index (χ1) is 20.5. The number of halogens is 2. The number of rotatable bonds is 3. The minimum Gasteiger partial charge on any atom is -0.474 e. The van der Waals surface area contributed by atoms with Crippen LogP contribution >= 0.6 is 11.6 Å². The van der Waals surface area contributed by atoms with Crippen molar-refractivity contribution in [3.8, 4) is 17.0 Å². The molecule has 0 radical (unpaired) electrons. The Bertz CT molecular complexity index is 1840. The molecule has 0 fully saturated rings. The second-order valence-electron chi connectivity index (χ2n) is 11.3. The summed E-state index contributed by atoms with van der Waals surface area (Å²) in [4.78, 5) is 50.7. The summed E-state index contributed by atoms with van der Waals surface area (Å²) in [6.07, 6.45) is 2.75. The number of benzene rings is 2. The molecule has 0 spiro atoms. The van der Waals surface area contributed by atoms with Crippen molar-refractivity contribution in [3.05, 3.63) is 76.3 Å². The van der Waals surface area contributed by atoms with Crippen LogP contribution in [-0.2, 0) is 22.4 Å². The van der Waals surface area contributed by atoms with Gasteiger partial charge in [0.15, 0.2) is 0 Å². The quantitative estimate of drug-likeness (QED) is 0.246.